The van der Waals surface area contributed by atoms with E-state index in [2.05, 4.69) is 18.9 Å². The molecule has 0 amide bonds. The van der Waals surface area contributed by atoms with E-state index in [1.165, 1.54) is 10.9 Å². The lowest BCUT2D eigenvalue weighted by Gasteiger charge is -2.13. The number of aromatic nitrogens is 2. The van der Waals surface area contributed by atoms with Gasteiger partial charge < -0.3 is 5.11 Å². The van der Waals surface area contributed by atoms with Crippen molar-refractivity contribution in [1.29, 1.82) is 0 Å². The molecule has 1 aromatic heterocycles. The van der Waals surface area contributed by atoms with Gasteiger partial charge in [0, 0.05) is 6.54 Å². The van der Waals surface area contributed by atoms with Crippen LogP contribution in [0.4, 0.5) is 5.69 Å². The van der Waals surface area contributed by atoms with E-state index in [0.29, 0.717) is 12.5 Å². The molecule has 106 valence electrons. The van der Waals surface area contributed by atoms with Gasteiger partial charge in [0.25, 0.3) is 0 Å². The Morgan fingerprint density at radius 2 is 2.26 bits per heavy atom. The highest BCUT2D eigenvalue weighted by Gasteiger charge is 2.25. The van der Waals surface area contributed by atoms with Crippen molar-refractivity contribution >= 4 is 11.7 Å². The smallest absolute Gasteiger partial charge is 0.363 e. The number of aromatic carboxylic acids is 1. The number of hydrogen-bond acceptors (Lipinski definition) is 4. The molecule has 7 heteroatoms. The fourth-order valence-electron chi connectivity index (χ4n) is 1.97. The van der Waals surface area contributed by atoms with E-state index in [1.54, 1.807) is 0 Å². The van der Waals surface area contributed by atoms with Crippen LogP contribution in [0.15, 0.2) is 6.20 Å². The van der Waals surface area contributed by atoms with Crippen molar-refractivity contribution in [3.05, 3.63) is 22.0 Å². The summed E-state index contributed by atoms with van der Waals surface area (Å²) < 4.78 is 1.38. The number of nitrogens with zero attached hydrogens (tertiary/aromatic N) is 3. The van der Waals surface area contributed by atoms with Gasteiger partial charge in [0.1, 0.15) is 6.20 Å². The van der Waals surface area contributed by atoms with Crippen LogP contribution in [0.5, 0.6) is 0 Å². The van der Waals surface area contributed by atoms with Gasteiger partial charge in [-0.25, -0.2) is 4.79 Å². The number of nitro groups is 1. The number of carboxylic acids is 1. The van der Waals surface area contributed by atoms with Gasteiger partial charge in [0.2, 0.25) is 5.69 Å². The maximum atomic E-state index is 10.9. The lowest BCUT2D eigenvalue weighted by Crippen LogP contribution is -2.11. The highest BCUT2D eigenvalue weighted by atomic mass is 16.6. The first-order valence-electron chi connectivity index (χ1n) is 6.44. The predicted molar refractivity (Wildman–Crippen MR) is 69.1 cm³/mol. The Morgan fingerprint density at radius 1 is 1.58 bits per heavy atom. The summed E-state index contributed by atoms with van der Waals surface area (Å²) in [6.45, 7) is 4.68. The van der Waals surface area contributed by atoms with E-state index < -0.39 is 22.3 Å². The molecule has 1 aromatic rings. The number of hydrogen-bond donors (Lipinski definition) is 1. The summed E-state index contributed by atoms with van der Waals surface area (Å²) in [6, 6.07) is 0. The summed E-state index contributed by atoms with van der Waals surface area (Å²) in [7, 11) is 0. The van der Waals surface area contributed by atoms with Crippen molar-refractivity contribution in [2.45, 2.75) is 46.1 Å². The van der Waals surface area contributed by atoms with E-state index in [1.807, 2.05) is 0 Å². The molecule has 0 fully saturated rings. The van der Waals surface area contributed by atoms with Crippen LogP contribution in [0.3, 0.4) is 0 Å². The molecule has 1 unspecified atom stereocenters. The lowest BCUT2D eigenvalue weighted by molar-refractivity contribution is -0.385. The average Bonchev–Trinajstić information content (AvgIpc) is 2.78. The maximum absolute atomic E-state index is 10.9. The Balaban J connectivity index is 2.86. The van der Waals surface area contributed by atoms with Gasteiger partial charge in [-0.1, -0.05) is 33.1 Å². The van der Waals surface area contributed by atoms with Gasteiger partial charge in [-0.2, -0.15) is 5.10 Å². The average molecular weight is 269 g/mol. The molecule has 0 aliphatic carbocycles. The third-order valence-corrected chi connectivity index (χ3v) is 3.13. The predicted octanol–water partition coefficient (Wildman–Crippen LogP) is 2.71. The second-order valence-electron chi connectivity index (χ2n) is 4.56. The Labute approximate surface area is 111 Å². The van der Waals surface area contributed by atoms with Gasteiger partial charge in [-0.3, -0.25) is 14.8 Å². The molecule has 0 spiro atoms. The standard InChI is InChI=1S/C12H19N3O4/c1-3-5-6-9(4-2)7-14-8-10(15(18)19)11(13-14)12(16)17/h8-9H,3-7H2,1-2H3,(H,16,17). The molecule has 0 aliphatic rings. The van der Waals surface area contributed by atoms with Crippen LogP contribution in [0.1, 0.15) is 50.0 Å². The normalized spacial score (nSPS) is 12.3. The topological polar surface area (TPSA) is 98.3 Å². The summed E-state index contributed by atoms with van der Waals surface area (Å²) in [5.74, 6) is -1.01. The summed E-state index contributed by atoms with van der Waals surface area (Å²) in [5, 5.41) is 23.4. The fourth-order valence-corrected chi connectivity index (χ4v) is 1.97. The van der Waals surface area contributed by atoms with Crippen LogP contribution < -0.4 is 0 Å². The number of rotatable bonds is 8. The van der Waals surface area contributed by atoms with E-state index in [-0.39, 0.29) is 0 Å². The van der Waals surface area contributed by atoms with Gasteiger partial charge in [-0.05, 0) is 12.3 Å². The summed E-state index contributed by atoms with van der Waals surface area (Å²) in [6.07, 6.45) is 5.35. The monoisotopic (exact) mass is 269 g/mol. The van der Waals surface area contributed by atoms with Crippen molar-refractivity contribution in [2.75, 3.05) is 0 Å². The van der Waals surface area contributed by atoms with Crippen LogP contribution >= 0.6 is 0 Å². The molecule has 0 saturated heterocycles. The molecule has 1 heterocycles. The third-order valence-electron chi connectivity index (χ3n) is 3.13. The number of carbonyl (C=O) groups is 1. The van der Waals surface area contributed by atoms with Crippen LogP contribution in [0.2, 0.25) is 0 Å². The largest absolute Gasteiger partial charge is 0.476 e. The highest BCUT2D eigenvalue weighted by Crippen LogP contribution is 2.20. The molecule has 1 rings (SSSR count). The Kier molecular flexibility index (Phi) is 5.47. The minimum absolute atomic E-state index is 0.362. The number of unbranched alkanes of at least 4 members (excludes halogenated alkanes) is 1. The van der Waals surface area contributed by atoms with Crippen molar-refractivity contribution < 1.29 is 14.8 Å². The zero-order valence-electron chi connectivity index (χ0n) is 11.2. The molecule has 0 bridgehead atoms. The second kappa shape index (κ2) is 6.86. The first-order valence-corrected chi connectivity index (χ1v) is 6.44. The van der Waals surface area contributed by atoms with E-state index >= 15 is 0 Å². The van der Waals surface area contributed by atoms with Gasteiger partial charge in [0.05, 0.1) is 4.92 Å². The second-order valence-corrected chi connectivity index (χ2v) is 4.56. The first kappa shape index (κ1) is 15.1. The fraction of sp³-hybridized carbons (Fsp3) is 0.667. The SMILES string of the molecule is CCCCC(CC)Cn1cc([N+](=O)[O-])c(C(=O)O)n1. The Morgan fingerprint density at radius 3 is 2.68 bits per heavy atom. The first-order chi connectivity index (χ1) is 8.99. The van der Waals surface area contributed by atoms with E-state index in [0.717, 1.165) is 25.7 Å². The van der Waals surface area contributed by atoms with Crippen LogP contribution in [0, 0.1) is 16.0 Å². The summed E-state index contributed by atoms with van der Waals surface area (Å²) >= 11 is 0. The number of carboxylic acid groups (broad SMARTS) is 1. The van der Waals surface area contributed by atoms with Crippen LogP contribution in [-0.2, 0) is 6.54 Å². The van der Waals surface area contributed by atoms with Gasteiger partial charge in [-0.15, -0.1) is 0 Å². The Hall–Kier alpha value is -1.92. The zero-order chi connectivity index (χ0) is 14.4. The molecule has 0 aliphatic heterocycles. The molecule has 0 saturated carbocycles. The van der Waals surface area contributed by atoms with Gasteiger partial charge in [0.15, 0.2) is 0 Å². The minimum Gasteiger partial charge on any atom is -0.476 e. The molecule has 0 aromatic carbocycles. The van der Waals surface area contributed by atoms with Crippen molar-refractivity contribution in [1.82, 2.24) is 9.78 Å². The molecule has 1 N–H and O–H groups in total. The molecule has 7 nitrogen and oxygen atoms in total. The van der Waals surface area contributed by atoms with Crippen LogP contribution in [0.25, 0.3) is 0 Å². The van der Waals surface area contributed by atoms with Gasteiger partial charge >= 0.3 is 11.7 Å². The summed E-state index contributed by atoms with van der Waals surface area (Å²) in [5.41, 5.74) is -0.937. The third kappa shape index (κ3) is 4.04. The van der Waals surface area contributed by atoms with E-state index in [4.69, 9.17) is 5.11 Å². The quantitative estimate of drug-likeness (QED) is 0.578. The highest BCUT2D eigenvalue weighted by molar-refractivity contribution is 5.89. The van der Waals surface area contributed by atoms with Crippen molar-refractivity contribution in [3.63, 3.8) is 0 Å². The Bertz CT molecular complexity index is 424. The van der Waals surface area contributed by atoms with Crippen LogP contribution in [-0.4, -0.2) is 25.8 Å². The summed E-state index contributed by atoms with van der Waals surface area (Å²) in [4.78, 5) is 20.9. The maximum Gasteiger partial charge on any atom is 0.363 e. The van der Waals surface area contributed by atoms with Crippen molar-refractivity contribution in [3.8, 4) is 0 Å². The minimum atomic E-state index is -1.37. The molecule has 1 atom stereocenters. The zero-order valence-corrected chi connectivity index (χ0v) is 11.2. The molecule has 19 heavy (non-hydrogen) atoms. The molecule has 0 radical (unpaired) electrons. The van der Waals surface area contributed by atoms with Crippen molar-refractivity contribution in [2.24, 2.45) is 5.92 Å². The molecular weight excluding hydrogens is 250 g/mol. The van der Waals surface area contributed by atoms with E-state index in [9.17, 15) is 14.9 Å². The lowest BCUT2D eigenvalue weighted by atomic mass is 10.00. The molecular formula is C12H19N3O4.